The van der Waals surface area contributed by atoms with Crippen LogP contribution in [0.25, 0.3) is 5.82 Å². The summed E-state index contributed by atoms with van der Waals surface area (Å²) in [5.74, 6) is 0.740. The minimum Gasteiger partial charge on any atom is -0.302 e. The molecule has 0 aliphatic carbocycles. The number of nitrogens with zero attached hydrogens (tertiary/aromatic N) is 2. The molecule has 0 radical (unpaired) electrons. The van der Waals surface area contributed by atoms with Gasteiger partial charge in [0, 0.05) is 17.5 Å². The third-order valence-corrected chi connectivity index (χ3v) is 2.16. The molecule has 2 rings (SSSR count). The van der Waals surface area contributed by atoms with Crippen molar-refractivity contribution in [3.8, 4) is 5.82 Å². The van der Waals surface area contributed by atoms with E-state index in [4.69, 9.17) is 0 Å². The molecule has 0 bridgehead atoms. The fourth-order valence-electron chi connectivity index (χ4n) is 1.49. The second-order valence-corrected chi connectivity index (χ2v) is 3.23. The topological polar surface area (TPSA) is 50.7 Å². The number of aromatic nitrogens is 3. The van der Waals surface area contributed by atoms with Gasteiger partial charge in [-0.1, -0.05) is 0 Å². The molecule has 2 heterocycles. The van der Waals surface area contributed by atoms with Gasteiger partial charge in [0.2, 0.25) is 0 Å². The Hall–Kier alpha value is -1.84. The van der Waals surface area contributed by atoms with Gasteiger partial charge in [0.15, 0.2) is 5.82 Å². The molecular formula is C10H11N3O. The van der Waals surface area contributed by atoms with E-state index in [0.29, 0.717) is 0 Å². The van der Waals surface area contributed by atoms with Crippen LogP contribution in [0.15, 0.2) is 29.1 Å². The molecule has 2 aromatic rings. The Labute approximate surface area is 81.2 Å². The lowest BCUT2D eigenvalue weighted by Crippen LogP contribution is -2.10. The van der Waals surface area contributed by atoms with E-state index >= 15 is 0 Å². The molecule has 72 valence electrons. The van der Waals surface area contributed by atoms with Crippen LogP contribution in [0.4, 0.5) is 0 Å². The quantitative estimate of drug-likeness (QED) is 0.732. The van der Waals surface area contributed by atoms with Gasteiger partial charge in [-0.2, -0.15) is 5.10 Å². The highest BCUT2D eigenvalue weighted by atomic mass is 16.1. The van der Waals surface area contributed by atoms with Crippen molar-refractivity contribution >= 4 is 0 Å². The maximum absolute atomic E-state index is 10.8. The van der Waals surface area contributed by atoms with Gasteiger partial charge >= 0.3 is 0 Å². The summed E-state index contributed by atoms with van der Waals surface area (Å²) in [5, 5.41) is 6.38. The van der Waals surface area contributed by atoms with Gasteiger partial charge in [-0.3, -0.25) is 4.79 Å². The van der Waals surface area contributed by atoms with Crippen LogP contribution in [0.2, 0.25) is 0 Å². The lowest BCUT2D eigenvalue weighted by molar-refractivity contribution is 0.858. The van der Waals surface area contributed by atoms with Crippen molar-refractivity contribution in [1.29, 1.82) is 0 Å². The highest BCUT2D eigenvalue weighted by molar-refractivity contribution is 5.29. The van der Waals surface area contributed by atoms with Crippen LogP contribution in [0.1, 0.15) is 11.4 Å². The molecule has 0 unspecified atom stereocenters. The number of rotatable bonds is 1. The molecule has 0 aliphatic rings. The first-order chi connectivity index (χ1) is 6.68. The molecular weight excluding hydrogens is 178 g/mol. The van der Waals surface area contributed by atoms with E-state index in [1.54, 1.807) is 6.07 Å². The molecule has 0 atom stereocenters. The fourth-order valence-corrected chi connectivity index (χ4v) is 1.49. The number of hydrogen-bond acceptors (Lipinski definition) is 2. The van der Waals surface area contributed by atoms with Crippen molar-refractivity contribution in [1.82, 2.24) is 14.8 Å². The fraction of sp³-hybridized carbons (Fsp3) is 0.200. The SMILES string of the molecule is Cc1ccc(C)n1-c1ccc(=O)[nH]n1. The maximum atomic E-state index is 10.8. The van der Waals surface area contributed by atoms with Gasteiger partial charge in [0.05, 0.1) is 0 Å². The maximum Gasteiger partial charge on any atom is 0.264 e. The minimum atomic E-state index is -0.184. The highest BCUT2D eigenvalue weighted by Crippen LogP contribution is 2.11. The first-order valence-corrected chi connectivity index (χ1v) is 4.39. The molecule has 0 amide bonds. The van der Waals surface area contributed by atoms with Gasteiger partial charge in [-0.15, -0.1) is 0 Å². The summed E-state index contributed by atoms with van der Waals surface area (Å²) in [6.45, 7) is 4.00. The van der Waals surface area contributed by atoms with Crippen molar-refractivity contribution in [3.05, 3.63) is 46.0 Å². The summed E-state index contributed by atoms with van der Waals surface area (Å²) in [6, 6.07) is 7.21. The second kappa shape index (κ2) is 3.14. The Kier molecular flexibility index (Phi) is 1.96. The van der Waals surface area contributed by atoms with Crippen molar-refractivity contribution in [2.24, 2.45) is 0 Å². The summed E-state index contributed by atoms with van der Waals surface area (Å²) in [6.07, 6.45) is 0. The number of nitrogens with one attached hydrogen (secondary N) is 1. The predicted octanol–water partition coefficient (Wildman–Crippen LogP) is 1.18. The third-order valence-electron chi connectivity index (χ3n) is 2.16. The lowest BCUT2D eigenvalue weighted by atomic mass is 10.4. The van der Waals surface area contributed by atoms with Gasteiger partial charge < -0.3 is 4.57 Å². The summed E-state index contributed by atoms with van der Waals surface area (Å²) < 4.78 is 1.98. The molecule has 0 aromatic carbocycles. The van der Waals surface area contributed by atoms with Gasteiger partial charge in [-0.25, -0.2) is 5.10 Å². The molecule has 0 aliphatic heterocycles. The molecule has 0 saturated heterocycles. The Morgan fingerprint density at radius 3 is 2.29 bits per heavy atom. The number of aromatic amines is 1. The van der Waals surface area contributed by atoms with E-state index in [9.17, 15) is 4.79 Å². The lowest BCUT2D eigenvalue weighted by Gasteiger charge is -2.06. The molecule has 4 nitrogen and oxygen atoms in total. The van der Waals surface area contributed by atoms with Crippen LogP contribution < -0.4 is 5.56 Å². The Morgan fingerprint density at radius 2 is 1.79 bits per heavy atom. The zero-order valence-corrected chi connectivity index (χ0v) is 8.11. The largest absolute Gasteiger partial charge is 0.302 e. The number of H-pyrrole nitrogens is 1. The molecule has 0 saturated carbocycles. The normalized spacial score (nSPS) is 10.4. The number of hydrogen-bond donors (Lipinski definition) is 1. The van der Waals surface area contributed by atoms with E-state index in [1.807, 2.05) is 30.5 Å². The average molecular weight is 189 g/mol. The molecule has 14 heavy (non-hydrogen) atoms. The van der Waals surface area contributed by atoms with E-state index in [1.165, 1.54) is 6.07 Å². The predicted molar refractivity (Wildman–Crippen MR) is 53.7 cm³/mol. The third kappa shape index (κ3) is 1.35. The Bertz CT molecular complexity index is 470. The van der Waals surface area contributed by atoms with Crippen LogP contribution in [0.5, 0.6) is 0 Å². The Balaban J connectivity index is 2.60. The first-order valence-electron chi connectivity index (χ1n) is 4.39. The Morgan fingerprint density at radius 1 is 1.14 bits per heavy atom. The zero-order chi connectivity index (χ0) is 10.1. The zero-order valence-electron chi connectivity index (χ0n) is 8.11. The van der Waals surface area contributed by atoms with E-state index in [0.717, 1.165) is 17.2 Å². The van der Waals surface area contributed by atoms with Crippen LogP contribution in [0.3, 0.4) is 0 Å². The standard InChI is InChI=1S/C10H11N3O/c1-7-3-4-8(2)13(7)9-5-6-10(14)12-11-9/h3-6H,1-2H3,(H,12,14). The monoisotopic (exact) mass is 189 g/mol. The summed E-state index contributed by atoms with van der Waals surface area (Å²) >= 11 is 0. The highest BCUT2D eigenvalue weighted by Gasteiger charge is 2.03. The molecule has 0 spiro atoms. The molecule has 4 heteroatoms. The summed E-state index contributed by atoms with van der Waals surface area (Å²) in [4.78, 5) is 10.8. The van der Waals surface area contributed by atoms with Crippen molar-refractivity contribution < 1.29 is 0 Å². The minimum absolute atomic E-state index is 0.184. The van der Waals surface area contributed by atoms with E-state index < -0.39 is 0 Å². The van der Waals surface area contributed by atoms with Crippen LogP contribution in [-0.4, -0.2) is 14.8 Å². The molecule has 1 N–H and O–H groups in total. The first kappa shape index (κ1) is 8.74. The van der Waals surface area contributed by atoms with Gasteiger partial charge in [-0.05, 0) is 32.0 Å². The van der Waals surface area contributed by atoms with Crippen molar-refractivity contribution in [2.75, 3.05) is 0 Å². The smallest absolute Gasteiger partial charge is 0.264 e. The molecule has 2 aromatic heterocycles. The van der Waals surface area contributed by atoms with Gasteiger partial charge in [0.1, 0.15) is 0 Å². The van der Waals surface area contributed by atoms with E-state index in [2.05, 4.69) is 10.2 Å². The summed E-state index contributed by atoms with van der Waals surface area (Å²) in [5.41, 5.74) is 2.01. The van der Waals surface area contributed by atoms with Crippen molar-refractivity contribution in [2.45, 2.75) is 13.8 Å². The molecule has 0 fully saturated rings. The summed E-state index contributed by atoms with van der Waals surface area (Å²) in [7, 11) is 0. The second-order valence-electron chi connectivity index (χ2n) is 3.23. The average Bonchev–Trinajstić information content (AvgIpc) is 2.49. The van der Waals surface area contributed by atoms with Crippen LogP contribution in [-0.2, 0) is 0 Å². The van der Waals surface area contributed by atoms with E-state index in [-0.39, 0.29) is 5.56 Å². The number of aryl methyl sites for hydroxylation is 2. The van der Waals surface area contributed by atoms with Crippen LogP contribution in [0, 0.1) is 13.8 Å². The van der Waals surface area contributed by atoms with Crippen molar-refractivity contribution in [3.63, 3.8) is 0 Å². The van der Waals surface area contributed by atoms with Crippen LogP contribution >= 0.6 is 0 Å². The van der Waals surface area contributed by atoms with Gasteiger partial charge in [0.25, 0.3) is 5.56 Å².